The molecule has 0 spiro atoms. The molecule has 0 saturated carbocycles. The summed E-state index contributed by atoms with van der Waals surface area (Å²) in [4.78, 5) is 24.1. The number of nitrogens with one attached hydrogen (secondary N) is 1. The lowest BCUT2D eigenvalue weighted by Gasteiger charge is -2.28. The van der Waals surface area contributed by atoms with Crippen LogP contribution in [0.2, 0.25) is 20.1 Å². The predicted molar refractivity (Wildman–Crippen MR) is 105 cm³/mol. The van der Waals surface area contributed by atoms with Gasteiger partial charge in [-0.05, 0) is 18.9 Å². The van der Waals surface area contributed by atoms with E-state index in [-0.39, 0.29) is 38.9 Å². The molecule has 1 aliphatic rings. The monoisotopic (exact) mass is 476 g/mol. The number of piperidine rings is 1. The number of anilines is 1. The van der Waals surface area contributed by atoms with E-state index in [2.05, 4.69) is 5.32 Å². The second kappa shape index (κ2) is 9.15. The van der Waals surface area contributed by atoms with Crippen LogP contribution < -0.4 is 5.32 Å². The summed E-state index contributed by atoms with van der Waals surface area (Å²) in [7, 11) is -3.28. The van der Waals surface area contributed by atoms with Crippen molar-refractivity contribution in [3.8, 4) is 0 Å². The normalized spacial score (nSPS) is 16.2. The van der Waals surface area contributed by atoms with Crippen molar-refractivity contribution < 1.29 is 22.7 Å². The molecule has 1 heterocycles. The minimum Gasteiger partial charge on any atom is -0.455 e. The molecule has 1 aromatic carbocycles. The van der Waals surface area contributed by atoms with Crippen LogP contribution in [-0.2, 0) is 24.3 Å². The van der Waals surface area contributed by atoms with Crippen LogP contribution in [0.25, 0.3) is 0 Å². The van der Waals surface area contributed by atoms with E-state index in [0.29, 0.717) is 12.8 Å². The Morgan fingerprint density at radius 2 is 1.67 bits per heavy atom. The molecule has 0 atom stereocenters. The summed E-state index contributed by atoms with van der Waals surface area (Å²) in [5, 5.41) is 2.65. The van der Waals surface area contributed by atoms with Crippen molar-refractivity contribution in [1.29, 1.82) is 0 Å². The molecule has 1 fully saturated rings. The predicted octanol–water partition coefficient (Wildman–Crippen LogP) is 3.45. The maximum atomic E-state index is 12.1. The number of nitrogens with zero attached hydrogens (tertiary/aromatic N) is 1. The first-order valence-electron chi connectivity index (χ1n) is 7.75. The highest BCUT2D eigenvalue weighted by Crippen LogP contribution is 2.40. The summed E-state index contributed by atoms with van der Waals surface area (Å²) in [5.74, 6) is -1.71. The van der Waals surface area contributed by atoms with Gasteiger partial charge in [0.15, 0.2) is 6.61 Å². The molecular formula is C15H16Cl4N2O5S. The highest BCUT2D eigenvalue weighted by molar-refractivity contribution is 7.88. The number of hydrogen-bond acceptors (Lipinski definition) is 5. The Labute approximate surface area is 176 Å². The third-order valence-corrected chi connectivity index (χ3v) is 6.86. The van der Waals surface area contributed by atoms with Gasteiger partial charge in [0.2, 0.25) is 10.0 Å². The Bertz CT molecular complexity index is 828. The third-order valence-electron chi connectivity index (χ3n) is 3.98. The van der Waals surface area contributed by atoms with Crippen molar-refractivity contribution in [3.05, 3.63) is 26.2 Å². The number of esters is 1. The number of amides is 1. The topological polar surface area (TPSA) is 92.8 Å². The standard InChI is InChI=1S/C15H16Cl4N2O5S/c1-27(24,25)21-4-2-8(3-5-21)15(23)26-7-11(22)20-14-12(18)9(16)6-10(17)13(14)19/h6,8H,2-5,7H2,1H3,(H,20,22). The molecule has 0 aliphatic carbocycles. The third kappa shape index (κ3) is 5.85. The average molecular weight is 478 g/mol. The fourth-order valence-electron chi connectivity index (χ4n) is 2.54. The summed E-state index contributed by atoms with van der Waals surface area (Å²) in [6.07, 6.45) is 1.78. The Morgan fingerprint density at radius 1 is 1.15 bits per heavy atom. The van der Waals surface area contributed by atoms with E-state index < -0.39 is 34.4 Å². The molecule has 12 heteroatoms. The van der Waals surface area contributed by atoms with Crippen LogP contribution in [0.5, 0.6) is 0 Å². The van der Waals surface area contributed by atoms with Gasteiger partial charge < -0.3 is 10.1 Å². The first-order valence-corrected chi connectivity index (χ1v) is 11.1. The fraction of sp³-hybridized carbons (Fsp3) is 0.467. The Morgan fingerprint density at radius 3 is 2.15 bits per heavy atom. The molecule has 2 rings (SSSR count). The van der Waals surface area contributed by atoms with Crippen LogP contribution in [-0.4, -0.2) is 50.6 Å². The molecular weight excluding hydrogens is 462 g/mol. The van der Waals surface area contributed by atoms with E-state index in [1.54, 1.807) is 0 Å². The highest BCUT2D eigenvalue weighted by atomic mass is 35.5. The van der Waals surface area contributed by atoms with Gasteiger partial charge >= 0.3 is 5.97 Å². The van der Waals surface area contributed by atoms with Gasteiger partial charge in [-0.1, -0.05) is 46.4 Å². The van der Waals surface area contributed by atoms with E-state index in [1.807, 2.05) is 0 Å². The number of sulfonamides is 1. The minimum absolute atomic E-state index is 0.0129. The summed E-state index contributed by atoms with van der Waals surface area (Å²) in [6, 6.07) is 1.34. The summed E-state index contributed by atoms with van der Waals surface area (Å²) in [6.45, 7) is -0.0873. The molecule has 1 aromatic rings. The molecule has 27 heavy (non-hydrogen) atoms. The summed E-state index contributed by atoms with van der Waals surface area (Å²) in [5.41, 5.74) is 0.0262. The molecule has 0 bridgehead atoms. The zero-order chi connectivity index (χ0) is 20.4. The highest BCUT2D eigenvalue weighted by Gasteiger charge is 2.30. The van der Waals surface area contributed by atoms with Gasteiger partial charge in [-0.2, -0.15) is 0 Å². The van der Waals surface area contributed by atoms with E-state index in [4.69, 9.17) is 51.1 Å². The van der Waals surface area contributed by atoms with Crippen LogP contribution in [0.1, 0.15) is 12.8 Å². The number of rotatable bonds is 5. The van der Waals surface area contributed by atoms with Gasteiger partial charge in [0, 0.05) is 13.1 Å². The number of carbonyl (C=O) groups is 2. The second-order valence-electron chi connectivity index (χ2n) is 5.94. The quantitative estimate of drug-likeness (QED) is 0.517. The van der Waals surface area contributed by atoms with E-state index in [0.717, 1.165) is 6.26 Å². The lowest BCUT2D eigenvalue weighted by molar-refractivity contribution is -0.152. The molecule has 0 radical (unpaired) electrons. The van der Waals surface area contributed by atoms with E-state index in [9.17, 15) is 18.0 Å². The SMILES string of the molecule is CS(=O)(=O)N1CCC(C(=O)OCC(=O)Nc2c(Cl)c(Cl)cc(Cl)c2Cl)CC1. The molecule has 1 N–H and O–H groups in total. The first-order chi connectivity index (χ1) is 12.5. The molecule has 1 aliphatic heterocycles. The van der Waals surface area contributed by atoms with Crippen LogP contribution in [0.4, 0.5) is 5.69 Å². The Kier molecular flexibility index (Phi) is 7.63. The molecule has 0 unspecified atom stereocenters. The van der Waals surface area contributed by atoms with Gasteiger partial charge in [0.05, 0.1) is 38.0 Å². The Balaban J connectivity index is 1.89. The van der Waals surface area contributed by atoms with Crippen molar-refractivity contribution in [2.75, 3.05) is 31.3 Å². The van der Waals surface area contributed by atoms with Crippen LogP contribution in [0.3, 0.4) is 0 Å². The van der Waals surface area contributed by atoms with Gasteiger partial charge in [-0.25, -0.2) is 12.7 Å². The number of benzene rings is 1. The maximum Gasteiger partial charge on any atom is 0.309 e. The maximum absolute atomic E-state index is 12.1. The smallest absolute Gasteiger partial charge is 0.309 e. The van der Waals surface area contributed by atoms with Gasteiger partial charge in [0.1, 0.15) is 0 Å². The van der Waals surface area contributed by atoms with Crippen LogP contribution in [0, 0.1) is 5.92 Å². The molecule has 150 valence electrons. The lowest BCUT2D eigenvalue weighted by atomic mass is 9.98. The van der Waals surface area contributed by atoms with Gasteiger partial charge in [0.25, 0.3) is 5.91 Å². The number of ether oxygens (including phenoxy) is 1. The van der Waals surface area contributed by atoms with Crippen LogP contribution >= 0.6 is 46.4 Å². The second-order valence-corrected chi connectivity index (χ2v) is 9.49. The van der Waals surface area contributed by atoms with Crippen molar-refractivity contribution in [2.24, 2.45) is 5.92 Å². The van der Waals surface area contributed by atoms with Gasteiger partial charge in [-0.15, -0.1) is 0 Å². The molecule has 1 amide bonds. The molecule has 7 nitrogen and oxygen atoms in total. The molecule has 0 aromatic heterocycles. The molecule has 1 saturated heterocycles. The van der Waals surface area contributed by atoms with Crippen molar-refractivity contribution in [2.45, 2.75) is 12.8 Å². The Hall–Kier alpha value is -0.770. The van der Waals surface area contributed by atoms with Crippen molar-refractivity contribution in [1.82, 2.24) is 4.31 Å². The zero-order valence-electron chi connectivity index (χ0n) is 14.1. The fourth-order valence-corrected chi connectivity index (χ4v) is 4.31. The number of hydrogen-bond donors (Lipinski definition) is 1. The van der Waals surface area contributed by atoms with Crippen molar-refractivity contribution >= 4 is 74.0 Å². The van der Waals surface area contributed by atoms with Crippen molar-refractivity contribution in [3.63, 3.8) is 0 Å². The van der Waals surface area contributed by atoms with Crippen LogP contribution in [0.15, 0.2) is 6.07 Å². The first kappa shape index (κ1) is 22.5. The number of carbonyl (C=O) groups excluding carboxylic acids is 2. The summed E-state index contributed by atoms with van der Waals surface area (Å²) >= 11 is 23.8. The summed E-state index contributed by atoms with van der Waals surface area (Å²) < 4.78 is 29.2. The number of halogens is 4. The zero-order valence-corrected chi connectivity index (χ0v) is 17.9. The average Bonchev–Trinajstić information content (AvgIpc) is 2.61. The largest absolute Gasteiger partial charge is 0.455 e. The minimum atomic E-state index is -3.28. The lowest BCUT2D eigenvalue weighted by Crippen LogP contribution is -2.40. The van der Waals surface area contributed by atoms with E-state index in [1.165, 1.54) is 10.4 Å². The van der Waals surface area contributed by atoms with E-state index >= 15 is 0 Å². The van der Waals surface area contributed by atoms with Gasteiger partial charge in [-0.3, -0.25) is 9.59 Å².